The summed E-state index contributed by atoms with van der Waals surface area (Å²) in [5, 5.41) is 5.13. The normalized spacial score (nSPS) is 13.8. The van der Waals surface area contributed by atoms with Crippen LogP contribution in [-0.2, 0) is 19.1 Å². The Kier molecular flexibility index (Phi) is 9.49. The van der Waals surface area contributed by atoms with Crippen molar-refractivity contribution in [2.75, 3.05) is 26.9 Å². The van der Waals surface area contributed by atoms with Crippen LogP contribution in [0, 0.1) is 0 Å². The Morgan fingerprint density at radius 2 is 1.44 bits per heavy atom. The highest BCUT2D eigenvalue weighted by Gasteiger charge is 2.32. The van der Waals surface area contributed by atoms with Crippen LogP contribution >= 0.6 is 0 Å². The Bertz CT molecular complexity index is 1340. The first-order chi connectivity index (χ1) is 19.6. The van der Waals surface area contributed by atoms with Crippen molar-refractivity contribution in [2.24, 2.45) is 0 Å². The van der Waals surface area contributed by atoms with E-state index in [0.29, 0.717) is 5.75 Å². The third-order valence-corrected chi connectivity index (χ3v) is 9.99. The lowest BCUT2D eigenvalue weighted by molar-refractivity contribution is -0.145. The molecule has 1 unspecified atom stereocenters. The summed E-state index contributed by atoms with van der Waals surface area (Å²) in [4.78, 5) is 36.9. The van der Waals surface area contributed by atoms with E-state index in [4.69, 9.17) is 14.2 Å². The number of carbonyl (C=O) groups is 3. The maximum Gasteiger partial charge on any atom is 0.407 e. The fourth-order valence-corrected chi connectivity index (χ4v) is 6.81. The number of benzene rings is 3. The highest BCUT2D eigenvalue weighted by Crippen LogP contribution is 2.44. The molecule has 0 aliphatic heterocycles. The van der Waals surface area contributed by atoms with Crippen LogP contribution < -0.4 is 15.4 Å². The molecule has 0 radical (unpaired) electrons. The number of carbonyl (C=O) groups excluding carboxylic acids is 3. The summed E-state index contributed by atoms with van der Waals surface area (Å²) in [6.07, 6.45) is -0.662. The first kappa shape index (κ1) is 29.9. The van der Waals surface area contributed by atoms with E-state index in [0.717, 1.165) is 27.8 Å². The Hall–Kier alpha value is -4.11. The van der Waals surface area contributed by atoms with Gasteiger partial charge in [-0.25, -0.2) is 9.59 Å². The predicted molar refractivity (Wildman–Crippen MR) is 161 cm³/mol. The SMILES string of the molecule is CNC(=O)COc1ccc(C(COC(=O)[C@H](C)NC(=O)OCC2c3ccccc3-c3ccccc32)[Si](C)(C)C)cc1. The first-order valence-corrected chi connectivity index (χ1v) is 17.4. The van der Waals surface area contributed by atoms with E-state index in [-0.39, 0.29) is 37.2 Å². The summed E-state index contributed by atoms with van der Waals surface area (Å²) in [5.74, 6) is -0.202. The largest absolute Gasteiger partial charge is 0.484 e. The standard InChI is InChI=1S/C32H38N2O6Si/c1-21(34-32(37)40-18-28-26-12-8-6-10-24(26)25-11-7-9-13-27(25)28)31(36)39-19-29(41(3,4)5)22-14-16-23(17-15-22)38-20-30(35)33-2/h6-17,21,28-29H,18-20H2,1-5H3,(H,33,35)(H,34,37)/t21-,29?/m0/s1. The van der Waals surface area contributed by atoms with Crippen LogP contribution in [0.25, 0.3) is 11.1 Å². The molecular formula is C32H38N2O6Si. The average molecular weight is 575 g/mol. The fraction of sp³-hybridized carbons (Fsp3) is 0.344. The number of ether oxygens (including phenoxy) is 3. The number of likely N-dealkylation sites (N-methyl/N-ethyl adjacent to an activating group) is 1. The molecule has 0 bridgehead atoms. The fourth-order valence-electron chi connectivity index (χ4n) is 5.03. The Morgan fingerprint density at radius 1 is 0.854 bits per heavy atom. The van der Waals surface area contributed by atoms with Crippen molar-refractivity contribution in [3.8, 4) is 16.9 Å². The van der Waals surface area contributed by atoms with Gasteiger partial charge in [0.15, 0.2) is 6.61 Å². The minimum Gasteiger partial charge on any atom is -0.484 e. The highest BCUT2D eigenvalue weighted by molar-refractivity contribution is 6.77. The lowest BCUT2D eigenvalue weighted by Gasteiger charge is -2.29. The Morgan fingerprint density at radius 3 is 2.00 bits per heavy atom. The number of fused-ring (bicyclic) bond motifs is 3. The molecule has 2 N–H and O–H groups in total. The molecule has 9 heteroatoms. The quantitative estimate of drug-likeness (QED) is 0.240. The maximum atomic E-state index is 12.8. The van der Waals surface area contributed by atoms with Crippen molar-refractivity contribution in [3.05, 3.63) is 89.5 Å². The number of nitrogens with one attached hydrogen (secondary N) is 2. The van der Waals surface area contributed by atoms with Gasteiger partial charge in [-0.3, -0.25) is 4.79 Å². The van der Waals surface area contributed by atoms with Gasteiger partial charge in [0.05, 0.1) is 14.7 Å². The molecule has 0 fully saturated rings. The third-order valence-electron chi connectivity index (χ3n) is 7.40. The number of rotatable bonds is 11. The van der Waals surface area contributed by atoms with Crippen LogP contribution in [0.3, 0.4) is 0 Å². The molecular weight excluding hydrogens is 536 g/mol. The second-order valence-corrected chi connectivity index (χ2v) is 16.7. The molecule has 216 valence electrons. The van der Waals surface area contributed by atoms with Crippen LogP contribution in [0.15, 0.2) is 72.8 Å². The monoisotopic (exact) mass is 574 g/mol. The molecule has 8 nitrogen and oxygen atoms in total. The summed E-state index contributed by atoms with van der Waals surface area (Å²) in [6.45, 7) is 8.52. The van der Waals surface area contributed by atoms with Crippen molar-refractivity contribution in [1.82, 2.24) is 10.6 Å². The minimum atomic E-state index is -1.80. The van der Waals surface area contributed by atoms with Gasteiger partial charge in [-0.2, -0.15) is 0 Å². The van der Waals surface area contributed by atoms with Gasteiger partial charge in [0, 0.05) is 18.5 Å². The average Bonchev–Trinajstić information content (AvgIpc) is 3.28. The van der Waals surface area contributed by atoms with Crippen LogP contribution in [0.1, 0.15) is 35.1 Å². The van der Waals surface area contributed by atoms with E-state index in [9.17, 15) is 14.4 Å². The summed E-state index contributed by atoms with van der Waals surface area (Å²) in [6, 6.07) is 22.9. The molecule has 0 saturated heterocycles. The molecule has 0 saturated carbocycles. The molecule has 1 aliphatic carbocycles. The van der Waals surface area contributed by atoms with Crippen molar-refractivity contribution in [3.63, 3.8) is 0 Å². The van der Waals surface area contributed by atoms with E-state index >= 15 is 0 Å². The van der Waals surface area contributed by atoms with Gasteiger partial charge in [-0.05, 0) is 46.9 Å². The van der Waals surface area contributed by atoms with Crippen LogP contribution in [0.2, 0.25) is 19.6 Å². The van der Waals surface area contributed by atoms with E-state index in [1.165, 1.54) is 0 Å². The summed E-state index contributed by atoms with van der Waals surface area (Å²) < 4.78 is 16.8. The van der Waals surface area contributed by atoms with Crippen LogP contribution in [0.4, 0.5) is 4.79 Å². The summed E-state index contributed by atoms with van der Waals surface area (Å²) >= 11 is 0. The molecule has 0 spiro atoms. The maximum absolute atomic E-state index is 12.8. The minimum absolute atomic E-state index is 0.0288. The molecule has 3 aromatic rings. The topological polar surface area (TPSA) is 103 Å². The van der Waals surface area contributed by atoms with Gasteiger partial charge in [0.25, 0.3) is 5.91 Å². The molecule has 41 heavy (non-hydrogen) atoms. The van der Waals surface area contributed by atoms with Crippen molar-refractivity contribution in [2.45, 2.75) is 44.1 Å². The third kappa shape index (κ3) is 7.35. The number of hydrogen-bond donors (Lipinski definition) is 2. The lowest BCUT2D eigenvalue weighted by atomic mass is 9.98. The summed E-state index contributed by atoms with van der Waals surface area (Å²) in [5.41, 5.74) is 5.60. The van der Waals surface area contributed by atoms with Crippen molar-refractivity contribution < 1.29 is 28.6 Å². The Balaban J connectivity index is 1.30. The first-order valence-electron chi connectivity index (χ1n) is 13.8. The number of hydrogen-bond acceptors (Lipinski definition) is 6. The molecule has 0 heterocycles. The van der Waals surface area contributed by atoms with E-state index < -0.39 is 26.2 Å². The number of amides is 2. The highest BCUT2D eigenvalue weighted by atomic mass is 28.3. The van der Waals surface area contributed by atoms with E-state index in [1.54, 1.807) is 14.0 Å². The van der Waals surface area contributed by atoms with Gasteiger partial charge in [0.1, 0.15) is 18.4 Å². The van der Waals surface area contributed by atoms with Gasteiger partial charge in [-0.1, -0.05) is 80.3 Å². The van der Waals surface area contributed by atoms with Crippen LogP contribution in [0.5, 0.6) is 5.75 Å². The van der Waals surface area contributed by atoms with Gasteiger partial charge in [-0.15, -0.1) is 0 Å². The molecule has 2 atom stereocenters. The number of esters is 1. The van der Waals surface area contributed by atoms with Crippen molar-refractivity contribution in [1.29, 1.82) is 0 Å². The smallest absolute Gasteiger partial charge is 0.407 e. The van der Waals surface area contributed by atoms with Crippen LogP contribution in [-0.4, -0.2) is 59.0 Å². The van der Waals surface area contributed by atoms with Gasteiger partial charge in [0.2, 0.25) is 0 Å². The molecule has 3 aromatic carbocycles. The molecule has 2 amide bonds. The lowest BCUT2D eigenvalue weighted by Crippen LogP contribution is -2.42. The zero-order chi connectivity index (χ0) is 29.6. The molecule has 1 aliphatic rings. The summed E-state index contributed by atoms with van der Waals surface area (Å²) in [7, 11) is -0.242. The van der Waals surface area contributed by atoms with E-state index in [2.05, 4.69) is 54.5 Å². The molecule has 4 rings (SSSR count). The van der Waals surface area contributed by atoms with Gasteiger partial charge >= 0.3 is 12.1 Å². The zero-order valence-corrected chi connectivity index (χ0v) is 25.2. The second-order valence-electron chi connectivity index (χ2n) is 11.3. The second kappa shape index (κ2) is 13.0. The predicted octanol–water partition coefficient (Wildman–Crippen LogP) is 5.24. The zero-order valence-electron chi connectivity index (χ0n) is 24.2. The molecule has 0 aromatic heterocycles. The Labute approximate surface area is 242 Å². The van der Waals surface area contributed by atoms with Crippen molar-refractivity contribution >= 4 is 26.0 Å². The van der Waals surface area contributed by atoms with E-state index in [1.807, 2.05) is 48.5 Å². The van der Waals surface area contributed by atoms with Gasteiger partial charge < -0.3 is 24.8 Å². The number of alkyl carbamates (subject to hydrolysis) is 1.